The van der Waals surface area contributed by atoms with Gasteiger partial charge in [0.1, 0.15) is 0 Å². The molecular weight excluding hydrogens is 154 g/mol. The summed E-state index contributed by atoms with van der Waals surface area (Å²) in [5, 5.41) is 0. The highest BCUT2D eigenvalue weighted by atomic mass is 16.2. The van der Waals surface area contributed by atoms with E-state index in [0.29, 0.717) is 12.0 Å². The Morgan fingerprint density at radius 1 is 1.67 bits per heavy atom. The Balaban J connectivity index is 2.57. The second-order valence-electron chi connectivity index (χ2n) is 3.60. The van der Waals surface area contributed by atoms with Gasteiger partial charge in [0.05, 0.1) is 0 Å². The molecule has 0 radical (unpaired) electrons. The van der Waals surface area contributed by atoms with Crippen molar-refractivity contribution in [2.24, 2.45) is 11.8 Å². The van der Waals surface area contributed by atoms with Crippen LogP contribution in [0, 0.1) is 5.92 Å². The molecular formula is C8H17N3O. The second kappa shape index (κ2) is 3.76. The van der Waals surface area contributed by atoms with Crippen molar-refractivity contribution in [3.8, 4) is 0 Å². The first-order valence-electron chi connectivity index (χ1n) is 4.44. The number of hydrazine groups is 1. The Morgan fingerprint density at radius 2 is 2.33 bits per heavy atom. The summed E-state index contributed by atoms with van der Waals surface area (Å²) in [5.41, 5.74) is 2.18. The third kappa shape index (κ3) is 1.69. The molecule has 0 aromatic carbocycles. The number of urea groups is 1. The highest BCUT2D eigenvalue weighted by Crippen LogP contribution is 2.23. The van der Waals surface area contributed by atoms with Crippen molar-refractivity contribution in [1.82, 2.24) is 10.3 Å². The van der Waals surface area contributed by atoms with Gasteiger partial charge in [-0.3, -0.25) is 5.43 Å². The highest BCUT2D eigenvalue weighted by molar-refractivity contribution is 5.74. The fourth-order valence-corrected chi connectivity index (χ4v) is 1.82. The summed E-state index contributed by atoms with van der Waals surface area (Å²) in [4.78, 5) is 13.0. The van der Waals surface area contributed by atoms with Crippen LogP contribution in [0.25, 0.3) is 0 Å². The van der Waals surface area contributed by atoms with Gasteiger partial charge in [-0.15, -0.1) is 0 Å². The summed E-state index contributed by atoms with van der Waals surface area (Å²) in [6.07, 6.45) is 2.20. The molecule has 1 heterocycles. The summed E-state index contributed by atoms with van der Waals surface area (Å²) < 4.78 is 0. The lowest BCUT2D eigenvalue weighted by atomic mass is 10.0. The standard InChI is InChI=1S/C8H17N3O/c1-6(2)7-4-3-5-11(7)8(12)10-9/h6-7H,3-5,9H2,1-2H3,(H,10,12). The Labute approximate surface area is 73.1 Å². The van der Waals surface area contributed by atoms with Gasteiger partial charge in [-0.25, -0.2) is 10.6 Å². The molecule has 0 aromatic rings. The van der Waals surface area contributed by atoms with Gasteiger partial charge in [0, 0.05) is 12.6 Å². The van der Waals surface area contributed by atoms with Gasteiger partial charge in [0.25, 0.3) is 0 Å². The summed E-state index contributed by atoms with van der Waals surface area (Å²) in [6, 6.07) is 0.222. The van der Waals surface area contributed by atoms with E-state index in [4.69, 9.17) is 5.84 Å². The van der Waals surface area contributed by atoms with Gasteiger partial charge >= 0.3 is 6.03 Å². The molecule has 4 nitrogen and oxygen atoms in total. The minimum Gasteiger partial charge on any atom is -0.320 e. The normalized spacial score (nSPS) is 23.3. The van der Waals surface area contributed by atoms with Crippen molar-refractivity contribution in [3.63, 3.8) is 0 Å². The summed E-state index contributed by atoms with van der Waals surface area (Å²) in [6.45, 7) is 5.10. The molecule has 1 unspecified atom stereocenters. The van der Waals surface area contributed by atoms with Crippen molar-refractivity contribution >= 4 is 6.03 Å². The maximum Gasteiger partial charge on any atom is 0.331 e. The van der Waals surface area contributed by atoms with Crippen LogP contribution in [0.2, 0.25) is 0 Å². The molecule has 12 heavy (non-hydrogen) atoms. The highest BCUT2D eigenvalue weighted by Gasteiger charge is 2.30. The quantitative estimate of drug-likeness (QED) is 0.346. The maximum atomic E-state index is 11.2. The molecule has 70 valence electrons. The number of likely N-dealkylation sites (tertiary alicyclic amines) is 1. The number of hydrogen-bond acceptors (Lipinski definition) is 2. The van der Waals surface area contributed by atoms with Crippen LogP contribution < -0.4 is 11.3 Å². The van der Waals surface area contributed by atoms with Crippen LogP contribution in [0.15, 0.2) is 0 Å². The Bertz CT molecular complexity index is 170. The van der Waals surface area contributed by atoms with Crippen molar-refractivity contribution in [1.29, 1.82) is 0 Å². The molecule has 4 heteroatoms. The summed E-state index contributed by atoms with van der Waals surface area (Å²) in [7, 11) is 0. The number of rotatable bonds is 1. The number of nitrogens with one attached hydrogen (secondary N) is 1. The van der Waals surface area contributed by atoms with Gasteiger partial charge in [0.15, 0.2) is 0 Å². The fourth-order valence-electron chi connectivity index (χ4n) is 1.82. The van der Waals surface area contributed by atoms with E-state index in [-0.39, 0.29) is 6.03 Å². The topological polar surface area (TPSA) is 58.4 Å². The van der Waals surface area contributed by atoms with Gasteiger partial charge in [0.2, 0.25) is 0 Å². The summed E-state index contributed by atoms with van der Waals surface area (Å²) >= 11 is 0. The molecule has 1 saturated heterocycles. The molecule has 1 fully saturated rings. The number of hydrogen-bond donors (Lipinski definition) is 2. The van der Waals surface area contributed by atoms with E-state index in [2.05, 4.69) is 19.3 Å². The second-order valence-corrected chi connectivity index (χ2v) is 3.60. The zero-order valence-corrected chi connectivity index (χ0v) is 7.71. The SMILES string of the molecule is CC(C)C1CCCN1C(=O)NN. The molecule has 3 N–H and O–H groups in total. The number of carbonyl (C=O) groups excluding carboxylic acids is 1. The lowest BCUT2D eigenvalue weighted by Gasteiger charge is -2.26. The molecule has 1 atom stereocenters. The van der Waals surface area contributed by atoms with Crippen molar-refractivity contribution in [2.45, 2.75) is 32.7 Å². The Morgan fingerprint density at radius 3 is 2.83 bits per heavy atom. The molecule has 1 rings (SSSR count). The first kappa shape index (κ1) is 9.32. The van der Waals surface area contributed by atoms with Crippen LogP contribution in [0.1, 0.15) is 26.7 Å². The first-order valence-corrected chi connectivity index (χ1v) is 4.44. The van der Waals surface area contributed by atoms with Gasteiger partial charge in [-0.1, -0.05) is 13.8 Å². The minimum atomic E-state index is -0.147. The number of nitrogens with two attached hydrogens (primary N) is 1. The zero-order chi connectivity index (χ0) is 9.14. The molecule has 0 saturated carbocycles. The van der Waals surface area contributed by atoms with E-state index in [1.165, 1.54) is 0 Å². The van der Waals surface area contributed by atoms with Crippen LogP contribution in [0.5, 0.6) is 0 Å². The van der Waals surface area contributed by atoms with E-state index in [9.17, 15) is 4.79 Å². The number of amides is 2. The fraction of sp³-hybridized carbons (Fsp3) is 0.875. The van der Waals surface area contributed by atoms with Gasteiger partial charge < -0.3 is 4.90 Å². The molecule has 0 aromatic heterocycles. The largest absolute Gasteiger partial charge is 0.331 e. The van der Waals surface area contributed by atoms with Gasteiger partial charge in [-0.05, 0) is 18.8 Å². The summed E-state index contributed by atoms with van der Waals surface area (Å²) in [5.74, 6) is 5.59. The Kier molecular flexibility index (Phi) is 2.92. The van der Waals surface area contributed by atoms with E-state index < -0.39 is 0 Å². The van der Waals surface area contributed by atoms with Crippen molar-refractivity contribution < 1.29 is 4.79 Å². The van der Waals surface area contributed by atoms with Crippen LogP contribution in [-0.4, -0.2) is 23.5 Å². The van der Waals surface area contributed by atoms with E-state index in [1.54, 1.807) is 0 Å². The van der Waals surface area contributed by atoms with Crippen LogP contribution in [0.4, 0.5) is 4.79 Å². The molecule has 2 amide bonds. The lowest BCUT2D eigenvalue weighted by molar-refractivity contribution is 0.179. The lowest BCUT2D eigenvalue weighted by Crippen LogP contribution is -2.47. The molecule has 1 aliphatic rings. The number of nitrogens with zero attached hydrogens (tertiary/aromatic N) is 1. The average Bonchev–Trinajstić information content (AvgIpc) is 2.50. The smallest absolute Gasteiger partial charge is 0.320 e. The third-order valence-corrected chi connectivity index (χ3v) is 2.45. The monoisotopic (exact) mass is 171 g/mol. The minimum absolute atomic E-state index is 0.147. The van der Waals surface area contributed by atoms with Crippen LogP contribution in [0.3, 0.4) is 0 Å². The number of carbonyl (C=O) groups is 1. The molecule has 0 bridgehead atoms. The maximum absolute atomic E-state index is 11.2. The van der Waals surface area contributed by atoms with E-state index >= 15 is 0 Å². The van der Waals surface area contributed by atoms with Crippen LogP contribution >= 0.6 is 0 Å². The molecule has 0 spiro atoms. The zero-order valence-electron chi connectivity index (χ0n) is 7.71. The predicted molar refractivity (Wildman–Crippen MR) is 47.3 cm³/mol. The predicted octanol–water partition coefficient (Wildman–Crippen LogP) is 0.690. The van der Waals surface area contributed by atoms with E-state index in [0.717, 1.165) is 19.4 Å². The van der Waals surface area contributed by atoms with E-state index in [1.807, 2.05) is 4.90 Å². The average molecular weight is 171 g/mol. The Hall–Kier alpha value is -0.770. The van der Waals surface area contributed by atoms with Crippen molar-refractivity contribution in [3.05, 3.63) is 0 Å². The molecule has 1 aliphatic heterocycles. The molecule has 0 aliphatic carbocycles. The first-order chi connectivity index (χ1) is 5.66. The van der Waals surface area contributed by atoms with Crippen molar-refractivity contribution in [2.75, 3.05) is 6.54 Å². The van der Waals surface area contributed by atoms with Crippen LogP contribution in [-0.2, 0) is 0 Å². The van der Waals surface area contributed by atoms with Gasteiger partial charge in [-0.2, -0.15) is 0 Å². The third-order valence-electron chi connectivity index (χ3n) is 2.45.